The van der Waals surface area contributed by atoms with E-state index in [1.165, 1.54) is 11.9 Å². The molecule has 3 aliphatic rings. The second-order valence-corrected chi connectivity index (χ2v) is 10.8. The number of nitrogens with zero attached hydrogens (tertiary/aromatic N) is 2. The molecule has 9 nitrogen and oxygen atoms in total. The molecule has 2 aliphatic heterocycles. The Labute approximate surface area is 186 Å². The van der Waals surface area contributed by atoms with Gasteiger partial charge < -0.3 is 25.0 Å². The van der Waals surface area contributed by atoms with Gasteiger partial charge in [-0.3, -0.25) is 9.59 Å². The summed E-state index contributed by atoms with van der Waals surface area (Å²) in [5.41, 5.74) is -1.15. The molecular weight excluding hydrogens is 422 g/mol. The summed E-state index contributed by atoms with van der Waals surface area (Å²) >= 11 is 1.57. The number of fused-ring (bicyclic) bond motifs is 1. The summed E-state index contributed by atoms with van der Waals surface area (Å²) in [7, 11) is 1.45. The highest BCUT2D eigenvalue weighted by atomic mass is 32.2. The first-order valence-corrected chi connectivity index (χ1v) is 11.5. The Morgan fingerprint density at radius 2 is 1.97 bits per heavy atom. The Morgan fingerprint density at radius 3 is 2.55 bits per heavy atom. The monoisotopic (exact) mass is 453 g/mol. The maximum atomic E-state index is 13.3. The summed E-state index contributed by atoms with van der Waals surface area (Å²) in [6.45, 7) is 4.95. The molecule has 0 bridgehead atoms. The van der Waals surface area contributed by atoms with Gasteiger partial charge in [0.2, 0.25) is 11.8 Å². The van der Waals surface area contributed by atoms with Gasteiger partial charge in [0.05, 0.1) is 5.37 Å². The zero-order valence-electron chi connectivity index (χ0n) is 18.4. The van der Waals surface area contributed by atoms with Crippen molar-refractivity contribution in [1.82, 2.24) is 15.1 Å². The van der Waals surface area contributed by atoms with Crippen LogP contribution in [0, 0.1) is 5.41 Å². The van der Waals surface area contributed by atoms with Gasteiger partial charge in [0.1, 0.15) is 24.2 Å². The lowest BCUT2D eigenvalue weighted by atomic mass is 9.78. The van der Waals surface area contributed by atoms with E-state index in [2.05, 4.69) is 5.32 Å². The quantitative estimate of drug-likeness (QED) is 0.624. The number of allylic oxidation sites excluding steroid dienone is 2. The predicted molar refractivity (Wildman–Crippen MR) is 115 cm³/mol. The molecule has 3 rings (SSSR count). The maximum absolute atomic E-state index is 13.3. The Bertz CT molecular complexity index is 784. The SMILES string of the molecule is CN(CC(=O)N[C@H]1CCS[C@H]2CC3(CC=CC3)[C@@H](C(=O)O)N2C1=O)C(=O)OC(C)(C)C. The van der Waals surface area contributed by atoms with Crippen molar-refractivity contribution >= 4 is 35.6 Å². The molecule has 172 valence electrons. The number of nitrogens with one attached hydrogen (secondary N) is 1. The lowest BCUT2D eigenvalue weighted by Gasteiger charge is -2.33. The molecule has 0 saturated carbocycles. The summed E-state index contributed by atoms with van der Waals surface area (Å²) < 4.78 is 5.24. The van der Waals surface area contributed by atoms with Crippen LogP contribution in [0.3, 0.4) is 0 Å². The van der Waals surface area contributed by atoms with Gasteiger partial charge in [0.15, 0.2) is 0 Å². The van der Waals surface area contributed by atoms with Crippen LogP contribution in [-0.4, -0.2) is 81.2 Å². The molecule has 0 aromatic carbocycles. The van der Waals surface area contributed by atoms with Crippen molar-refractivity contribution in [2.24, 2.45) is 5.41 Å². The second-order valence-electron chi connectivity index (χ2n) is 9.50. The molecule has 1 aliphatic carbocycles. The number of thioether (sulfide) groups is 1. The van der Waals surface area contributed by atoms with E-state index in [1.54, 1.807) is 32.5 Å². The van der Waals surface area contributed by atoms with Crippen LogP contribution in [0.4, 0.5) is 4.79 Å². The average Bonchev–Trinajstić information content (AvgIpc) is 3.20. The molecule has 3 atom stereocenters. The average molecular weight is 454 g/mol. The van der Waals surface area contributed by atoms with Gasteiger partial charge in [-0.15, -0.1) is 11.8 Å². The molecule has 1 spiro atoms. The lowest BCUT2D eigenvalue weighted by molar-refractivity contribution is -0.153. The molecule has 0 unspecified atom stereocenters. The van der Waals surface area contributed by atoms with Crippen LogP contribution < -0.4 is 5.32 Å². The molecule has 0 aromatic heterocycles. The Hall–Kier alpha value is -2.23. The minimum Gasteiger partial charge on any atom is -0.480 e. The first kappa shape index (κ1) is 23.4. The fourth-order valence-corrected chi connectivity index (χ4v) is 6.02. The number of carbonyl (C=O) groups is 4. The van der Waals surface area contributed by atoms with Crippen molar-refractivity contribution in [3.05, 3.63) is 12.2 Å². The van der Waals surface area contributed by atoms with E-state index >= 15 is 0 Å². The maximum Gasteiger partial charge on any atom is 0.410 e. The fraction of sp³-hybridized carbons (Fsp3) is 0.714. The van der Waals surface area contributed by atoms with Crippen molar-refractivity contribution in [2.45, 2.75) is 69.5 Å². The van der Waals surface area contributed by atoms with E-state index in [9.17, 15) is 24.3 Å². The number of carboxylic acids is 1. The second kappa shape index (κ2) is 8.72. The summed E-state index contributed by atoms with van der Waals surface area (Å²) in [4.78, 5) is 52.8. The number of amides is 3. The van der Waals surface area contributed by atoms with Crippen LogP contribution in [0.1, 0.15) is 46.5 Å². The minimum absolute atomic E-state index is 0.208. The van der Waals surface area contributed by atoms with Gasteiger partial charge in [-0.2, -0.15) is 0 Å². The van der Waals surface area contributed by atoms with Crippen LogP contribution in [-0.2, 0) is 19.1 Å². The van der Waals surface area contributed by atoms with E-state index in [-0.39, 0.29) is 17.8 Å². The molecule has 0 radical (unpaired) electrons. The fourth-order valence-electron chi connectivity index (χ4n) is 4.54. The number of likely N-dealkylation sites (N-methyl/N-ethyl adjacent to an activating group) is 1. The van der Waals surface area contributed by atoms with E-state index in [1.807, 2.05) is 12.2 Å². The number of rotatable bonds is 4. The Morgan fingerprint density at radius 1 is 1.32 bits per heavy atom. The van der Waals surface area contributed by atoms with Crippen molar-refractivity contribution in [1.29, 1.82) is 0 Å². The lowest BCUT2D eigenvalue weighted by Crippen LogP contribution is -2.55. The highest BCUT2D eigenvalue weighted by Crippen LogP contribution is 2.53. The van der Waals surface area contributed by atoms with E-state index in [0.717, 1.165) is 4.90 Å². The molecule has 2 heterocycles. The molecule has 10 heteroatoms. The van der Waals surface area contributed by atoms with E-state index in [0.29, 0.717) is 31.4 Å². The van der Waals surface area contributed by atoms with Crippen molar-refractivity contribution < 1.29 is 29.0 Å². The Kier molecular flexibility index (Phi) is 6.59. The van der Waals surface area contributed by atoms with Crippen LogP contribution >= 0.6 is 11.8 Å². The topological polar surface area (TPSA) is 116 Å². The number of hydrogen-bond acceptors (Lipinski definition) is 6. The first-order chi connectivity index (χ1) is 14.4. The summed E-state index contributed by atoms with van der Waals surface area (Å²) in [5.74, 6) is -1.22. The normalized spacial score (nSPS) is 27.0. The highest BCUT2D eigenvalue weighted by Gasteiger charge is 2.58. The van der Waals surface area contributed by atoms with Crippen molar-refractivity contribution in [3.63, 3.8) is 0 Å². The molecule has 2 N–H and O–H groups in total. The van der Waals surface area contributed by atoms with Gasteiger partial charge in [-0.1, -0.05) is 12.2 Å². The number of ether oxygens (including phenoxy) is 1. The molecule has 0 aromatic rings. The third-order valence-corrected chi connectivity index (χ3v) is 7.14. The van der Waals surface area contributed by atoms with Gasteiger partial charge in [-0.25, -0.2) is 9.59 Å². The van der Waals surface area contributed by atoms with Crippen LogP contribution in [0.5, 0.6) is 0 Å². The van der Waals surface area contributed by atoms with Gasteiger partial charge in [0, 0.05) is 12.5 Å². The largest absolute Gasteiger partial charge is 0.480 e. The van der Waals surface area contributed by atoms with E-state index < -0.39 is 41.1 Å². The van der Waals surface area contributed by atoms with Crippen molar-refractivity contribution in [2.75, 3.05) is 19.3 Å². The Balaban J connectivity index is 1.68. The smallest absolute Gasteiger partial charge is 0.410 e. The minimum atomic E-state index is -1.00. The zero-order chi connectivity index (χ0) is 23.0. The summed E-state index contributed by atoms with van der Waals surface area (Å²) in [6.07, 6.45) is 5.68. The molecule has 2 saturated heterocycles. The molecular formula is C21H31N3O6S. The van der Waals surface area contributed by atoms with Gasteiger partial charge in [-0.05, 0) is 52.2 Å². The summed E-state index contributed by atoms with van der Waals surface area (Å²) in [5, 5.41) is 12.5. The van der Waals surface area contributed by atoms with Gasteiger partial charge >= 0.3 is 12.1 Å². The predicted octanol–water partition coefficient (Wildman–Crippen LogP) is 1.82. The first-order valence-electron chi connectivity index (χ1n) is 10.5. The third kappa shape index (κ3) is 4.99. The summed E-state index contributed by atoms with van der Waals surface area (Å²) in [6, 6.07) is -1.72. The van der Waals surface area contributed by atoms with Crippen LogP contribution in [0.15, 0.2) is 12.2 Å². The number of aliphatic carboxylic acids is 1. The highest BCUT2D eigenvalue weighted by molar-refractivity contribution is 7.99. The number of hydrogen-bond donors (Lipinski definition) is 2. The standard InChI is InChI=1S/C21H31N3O6S/c1-20(2,3)30-19(29)23(4)12-14(25)22-13-7-10-31-15-11-21(8-5-6-9-21)16(18(27)28)24(15)17(13)26/h5-6,13,15-16H,7-12H2,1-4H3,(H,22,25)(H,27,28)/t13-,15-,16+/m0/s1. The van der Waals surface area contributed by atoms with Gasteiger partial charge in [0.25, 0.3) is 0 Å². The van der Waals surface area contributed by atoms with E-state index in [4.69, 9.17) is 4.74 Å². The van der Waals surface area contributed by atoms with Crippen LogP contribution in [0.25, 0.3) is 0 Å². The third-order valence-electron chi connectivity index (χ3n) is 5.89. The molecule has 31 heavy (non-hydrogen) atoms. The zero-order valence-corrected chi connectivity index (χ0v) is 19.2. The number of carboxylic acid groups (broad SMARTS) is 1. The molecule has 3 amide bonds. The molecule has 2 fully saturated rings. The number of carbonyl (C=O) groups excluding carboxylic acids is 3. The van der Waals surface area contributed by atoms with Crippen LogP contribution in [0.2, 0.25) is 0 Å². The van der Waals surface area contributed by atoms with Crippen molar-refractivity contribution in [3.8, 4) is 0 Å².